The van der Waals surface area contributed by atoms with E-state index in [-0.39, 0.29) is 10.8 Å². The molecule has 106 valence electrons. The number of anilines is 1. The summed E-state index contributed by atoms with van der Waals surface area (Å²) in [6.45, 7) is 3.66. The number of thiocarbonyl (C=S) groups is 1. The molecule has 0 saturated carbocycles. The van der Waals surface area contributed by atoms with Gasteiger partial charge in [0, 0.05) is 19.8 Å². The third kappa shape index (κ3) is 5.04. The molecule has 0 fully saturated rings. The van der Waals surface area contributed by atoms with Gasteiger partial charge < -0.3 is 15.4 Å². The van der Waals surface area contributed by atoms with Crippen molar-refractivity contribution in [3.63, 3.8) is 0 Å². The van der Waals surface area contributed by atoms with Crippen LogP contribution < -0.4 is 10.6 Å². The molecule has 0 aromatic heterocycles. The zero-order valence-electron chi connectivity index (χ0n) is 10.4. The van der Waals surface area contributed by atoms with Crippen LogP contribution in [-0.4, -0.2) is 24.9 Å². The maximum absolute atomic E-state index is 13.3. The van der Waals surface area contributed by atoms with Crippen LogP contribution in [0.4, 0.5) is 18.9 Å². The highest BCUT2D eigenvalue weighted by Crippen LogP contribution is 2.19. The maximum atomic E-state index is 13.3. The zero-order chi connectivity index (χ0) is 14.3. The second-order valence-electron chi connectivity index (χ2n) is 3.65. The van der Waals surface area contributed by atoms with Gasteiger partial charge in [-0.15, -0.1) is 0 Å². The third-order valence-corrected chi connectivity index (χ3v) is 2.48. The van der Waals surface area contributed by atoms with Crippen LogP contribution in [-0.2, 0) is 4.74 Å². The van der Waals surface area contributed by atoms with Crippen LogP contribution in [0.15, 0.2) is 12.1 Å². The summed E-state index contributed by atoms with van der Waals surface area (Å²) in [6.07, 6.45) is 0.732. The summed E-state index contributed by atoms with van der Waals surface area (Å²) in [6, 6.07) is 1.92. The number of hydrogen-bond donors (Lipinski definition) is 2. The van der Waals surface area contributed by atoms with E-state index in [1.165, 1.54) is 0 Å². The van der Waals surface area contributed by atoms with E-state index in [1.54, 1.807) is 0 Å². The van der Waals surface area contributed by atoms with Gasteiger partial charge in [0.25, 0.3) is 0 Å². The Bertz CT molecular complexity index is 443. The Hall–Kier alpha value is -1.34. The Morgan fingerprint density at radius 1 is 1.26 bits per heavy atom. The Morgan fingerprint density at radius 2 is 2.00 bits per heavy atom. The molecule has 1 rings (SSSR count). The maximum Gasteiger partial charge on any atom is 0.196 e. The summed E-state index contributed by atoms with van der Waals surface area (Å²) in [7, 11) is 0. The van der Waals surface area contributed by atoms with E-state index < -0.39 is 17.5 Å². The molecule has 0 heterocycles. The van der Waals surface area contributed by atoms with Crippen LogP contribution in [0.3, 0.4) is 0 Å². The van der Waals surface area contributed by atoms with Gasteiger partial charge in [0.1, 0.15) is 0 Å². The molecule has 0 spiro atoms. The van der Waals surface area contributed by atoms with Crippen molar-refractivity contribution in [1.82, 2.24) is 5.32 Å². The van der Waals surface area contributed by atoms with Gasteiger partial charge in [-0.25, -0.2) is 13.2 Å². The average Bonchev–Trinajstić information content (AvgIpc) is 2.39. The van der Waals surface area contributed by atoms with E-state index in [1.807, 2.05) is 6.92 Å². The molecule has 7 heteroatoms. The van der Waals surface area contributed by atoms with Crippen LogP contribution in [0, 0.1) is 17.5 Å². The SMILES string of the molecule is CCOCCCNC(=S)Nc1ccc(F)c(F)c1F. The Morgan fingerprint density at radius 3 is 2.68 bits per heavy atom. The van der Waals surface area contributed by atoms with Crippen LogP contribution in [0.2, 0.25) is 0 Å². The average molecular weight is 292 g/mol. The first-order valence-electron chi connectivity index (χ1n) is 5.82. The van der Waals surface area contributed by atoms with E-state index in [2.05, 4.69) is 10.6 Å². The minimum absolute atomic E-state index is 0.140. The van der Waals surface area contributed by atoms with Crippen molar-refractivity contribution in [2.24, 2.45) is 0 Å². The van der Waals surface area contributed by atoms with Crippen molar-refractivity contribution in [2.75, 3.05) is 25.1 Å². The molecule has 0 aliphatic rings. The molecule has 0 radical (unpaired) electrons. The van der Waals surface area contributed by atoms with E-state index >= 15 is 0 Å². The van der Waals surface area contributed by atoms with Crippen molar-refractivity contribution >= 4 is 23.0 Å². The van der Waals surface area contributed by atoms with Crippen LogP contribution in [0.1, 0.15) is 13.3 Å². The van der Waals surface area contributed by atoms with E-state index in [0.717, 1.165) is 18.6 Å². The fourth-order valence-corrected chi connectivity index (χ4v) is 1.52. The molecule has 2 N–H and O–H groups in total. The molecular formula is C12H15F3N2OS. The predicted octanol–water partition coefficient (Wildman–Crippen LogP) is 2.82. The summed E-state index contributed by atoms with van der Waals surface area (Å²) in [4.78, 5) is 0. The molecule has 3 nitrogen and oxygen atoms in total. The highest BCUT2D eigenvalue weighted by atomic mass is 32.1. The fourth-order valence-electron chi connectivity index (χ4n) is 1.31. The molecular weight excluding hydrogens is 277 g/mol. The predicted molar refractivity (Wildman–Crippen MR) is 71.6 cm³/mol. The van der Waals surface area contributed by atoms with E-state index in [4.69, 9.17) is 17.0 Å². The zero-order valence-corrected chi connectivity index (χ0v) is 11.3. The van der Waals surface area contributed by atoms with Crippen LogP contribution in [0.5, 0.6) is 0 Å². The molecule has 0 atom stereocenters. The van der Waals surface area contributed by atoms with Gasteiger partial charge in [0.2, 0.25) is 0 Å². The molecule has 1 aromatic rings. The summed E-state index contributed by atoms with van der Waals surface area (Å²) in [5, 5.41) is 5.42. The first kappa shape index (κ1) is 15.7. The van der Waals surface area contributed by atoms with Crippen molar-refractivity contribution in [2.45, 2.75) is 13.3 Å². The lowest BCUT2D eigenvalue weighted by atomic mass is 10.3. The Kier molecular flexibility index (Phi) is 6.58. The lowest BCUT2D eigenvalue weighted by molar-refractivity contribution is 0.146. The molecule has 0 amide bonds. The first-order chi connectivity index (χ1) is 9.06. The molecule has 0 bridgehead atoms. The quantitative estimate of drug-likeness (QED) is 0.480. The number of hydrogen-bond acceptors (Lipinski definition) is 2. The highest BCUT2D eigenvalue weighted by molar-refractivity contribution is 7.80. The van der Waals surface area contributed by atoms with Crippen LogP contribution >= 0.6 is 12.2 Å². The summed E-state index contributed by atoms with van der Waals surface area (Å²) in [5.74, 6) is -4.05. The molecule has 19 heavy (non-hydrogen) atoms. The van der Waals surface area contributed by atoms with Crippen molar-refractivity contribution in [3.05, 3.63) is 29.6 Å². The largest absolute Gasteiger partial charge is 0.382 e. The van der Waals surface area contributed by atoms with E-state index in [0.29, 0.717) is 19.8 Å². The van der Waals surface area contributed by atoms with Gasteiger partial charge in [0.15, 0.2) is 22.6 Å². The number of benzene rings is 1. The minimum Gasteiger partial charge on any atom is -0.382 e. The number of halogens is 3. The van der Waals surface area contributed by atoms with Gasteiger partial charge >= 0.3 is 0 Å². The number of nitrogens with one attached hydrogen (secondary N) is 2. The lowest BCUT2D eigenvalue weighted by Gasteiger charge is -2.11. The van der Waals surface area contributed by atoms with Crippen molar-refractivity contribution < 1.29 is 17.9 Å². The molecule has 0 aliphatic heterocycles. The Labute approximate surface area is 115 Å². The molecule has 0 saturated heterocycles. The topological polar surface area (TPSA) is 33.3 Å². The van der Waals surface area contributed by atoms with Gasteiger partial charge in [-0.1, -0.05) is 0 Å². The van der Waals surface area contributed by atoms with Crippen molar-refractivity contribution in [1.29, 1.82) is 0 Å². The fraction of sp³-hybridized carbons (Fsp3) is 0.417. The van der Waals surface area contributed by atoms with Gasteiger partial charge in [0.05, 0.1) is 5.69 Å². The highest BCUT2D eigenvalue weighted by Gasteiger charge is 2.13. The Balaban J connectivity index is 2.42. The summed E-state index contributed by atoms with van der Waals surface area (Å²) < 4.78 is 44.1. The molecule has 0 aliphatic carbocycles. The second-order valence-corrected chi connectivity index (χ2v) is 4.06. The second kappa shape index (κ2) is 7.96. The standard InChI is InChI=1S/C12H15F3N2OS/c1-2-18-7-3-6-16-12(19)17-9-5-4-8(13)10(14)11(9)15/h4-5H,2-3,6-7H2,1H3,(H2,16,17,19). The van der Waals surface area contributed by atoms with Crippen molar-refractivity contribution in [3.8, 4) is 0 Å². The van der Waals surface area contributed by atoms with Gasteiger partial charge in [-0.05, 0) is 37.7 Å². The molecule has 1 aromatic carbocycles. The number of rotatable bonds is 6. The first-order valence-corrected chi connectivity index (χ1v) is 6.23. The summed E-state index contributed by atoms with van der Waals surface area (Å²) in [5.41, 5.74) is -0.207. The van der Waals surface area contributed by atoms with Gasteiger partial charge in [-0.3, -0.25) is 0 Å². The summed E-state index contributed by atoms with van der Waals surface area (Å²) >= 11 is 4.90. The van der Waals surface area contributed by atoms with Gasteiger partial charge in [-0.2, -0.15) is 0 Å². The smallest absolute Gasteiger partial charge is 0.196 e. The third-order valence-electron chi connectivity index (χ3n) is 2.24. The minimum atomic E-state index is -1.52. The molecule has 0 unspecified atom stereocenters. The normalized spacial score (nSPS) is 10.3. The van der Waals surface area contributed by atoms with Crippen LogP contribution in [0.25, 0.3) is 0 Å². The number of ether oxygens (including phenoxy) is 1. The lowest BCUT2D eigenvalue weighted by Crippen LogP contribution is -2.30. The van der Waals surface area contributed by atoms with E-state index in [9.17, 15) is 13.2 Å². The monoisotopic (exact) mass is 292 g/mol.